The van der Waals surface area contributed by atoms with E-state index in [-0.39, 0.29) is 28.3 Å². The molecule has 8 nitrogen and oxygen atoms in total. The van der Waals surface area contributed by atoms with E-state index < -0.39 is 38.9 Å². The first kappa shape index (κ1) is 37.9. The molecule has 1 unspecified atom stereocenters. The van der Waals surface area contributed by atoms with E-state index in [1.165, 1.54) is 11.1 Å². The van der Waals surface area contributed by atoms with Crippen molar-refractivity contribution in [1.29, 1.82) is 0 Å². The molecule has 1 aliphatic heterocycles. The molecule has 0 radical (unpaired) electrons. The van der Waals surface area contributed by atoms with Crippen molar-refractivity contribution in [2.75, 3.05) is 35.0 Å². The first-order chi connectivity index (χ1) is 21.6. The zero-order valence-corrected chi connectivity index (χ0v) is 32.5. The number of hydrogen-bond donors (Lipinski definition) is 0. The molecule has 0 aliphatic carbocycles. The van der Waals surface area contributed by atoms with Crippen molar-refractivity contribution in [3.05, 3.63) is 46.5 Å². The Balaban J connectivity index is 2.16. The highest BCUT2D eigenvalue weighted by Gasteiger charge is 2.48. The van der Waals surface area contributed by atoms with Crippen molar-refractivity contribution in [2.45, 2.75) is 135 Å². The Morgan fingerprint density at radius 3 is 1.34 bits per heavy atom. The lowest BCUT2D eigenvalue weighted by molar-refractivity contribution is -0.284. The third-order valence-corrected chi connectivity index (χ3v) is 10.1. The second kappa shape index (κ2) is 13.8. The standard InChI is InChI=1S/C38H59O8P/c1-35(2,3)22-17-24-25-18-23(36(4,5)6)20-27(38(10,11)12)30(25)45-47(44-29(24)26(19-22)37(7,8)9)46-34-33(42-16)32(41-15)31(40-14)28(43-34)21-39-13/h17-20,28,31-34H,21H2,1-16H3/t28-,31-,32+,33-,34?/m1/s1. The van der Waals surface area contributed by atoms with Gasteiger partial charge in [-0.1, -0.05) is 95.2 Å². The van der Waals surface area contributed by atoms with Gasteiger partial charge in [-0.25, -0.2) is 4.52 Å². The summed E-state index contributed by atoms with van der Waals surface area (Å²) in [6.07, 6.45) is -2.88. The highest BCUT2D eigenvalue weighted by molar-refractivity contribution is 7.31. The Morgan fingerprint density at radius 1 is 0.574 bits per heavy atom. The van der Waals surface area contributed by atoms with E-state index in [0.717, 1.165) is 33.1 Å². The van der Waals surface area contributed by atoms with Crippen molar-refractivity contribution in [1.82, 2.24) is 0 Å². The van der Waals surface area contributed by atoms with E-state index in [2.05, 4.69) is 107 Å². The van der Waals surface area contributed by atoms with Crippen molar-refractivity contribution >= 4 is 30.2 Å². The molecular formula is C38H59O8P. The van der Waals surface area contributed by atoms with Gasteiger partial charge in [-0.05, 0) is 44.9 Å². The molecule has 2 aromatic carbocycles. The quantitative estimate of drug-likeness (QED) is 0.245. The van der Waals surface area contributed by atoms with Crippen LogP contribution in [0.3, 0.4) is 0 Å². The summed E-state index contributed by atoms with van der Waals surface area (Å²) in [6, 6.07) is 9.11. The van der Waals surface area contributed by atoms with Crippen molar-refractivity contribution in [2.24, 2.45) is 0 Å². The molecule has 1 saturated heterocycles. The van der Waals surface area contributed by atoms with E-state index in [0.29, 0.717) is 0 Å². The largest absolute Gasteiger partial charge is 0.399 e. The monoisotopic (exact) mass is 674 g/mol. The number of fused-ring (bicyclic) bond motifs is 3. The van der Waals surface area contributed by atoms with Gasteiger partial charge in [-0.15, -0.1) is 0 Å². The Hall–Kier alpha value is -1.90. The molecule has 264 valence electrons. The summed E-state index contributed by atoms with van der Waals surface area (Å²) in [4.78, 5) is 0. The van der Waals surface area contributed by atoms with E-state index in [9.17, 15) is 0 Å². The molecule has 0 bridgehead atoms. The summed E-state index contributed by atoms with van der Waals surface area (Å²) in [6.45, 7) is 27.1. The van der Waals surface area contributed by atoms with Crippen LogP contribution in [0, 0.1) is 0 Å². The zero-order valence-electron chi connectivity index (χ0n) is 31.6. The Kier molecular flexibility index (Phi) is 11.1. The number of ether oxygens (including phenoxy) is 5. The van der Waals surface area contributed by atoms with Gasteiger partial charge >= 0.3 is 8.24 Å². The fraction of sp³-hybridized carbons (Fsp3) is 0.684. The van der Waals surface area contributed by atoms with Crippen LogP contribution in [0.15, 0.2) is 32.7 Å². The van der Waals surface area contributed by atoms with Crippen LogP contribution >= 0.6 is 8.24 Å². The summed E-state index contributed by atoms with van der Waals surface area (Å²) >= 11 is 0. The van der Waals surface area contributed by atoms with Gasteiger partial charge in [-0.3, -0.25) is 0 Å². The van der Waals surface area contributed by atoms with Crippen molar-refractivity contribution in [3.8, 4) is 0 Å². The van der Waals surface area contributed by atoms with Gasteiger partial charge < -0.3 is 32.1 Å². The molecule has 0 amide bonds. The molecule has 0 N–H and O–H groups in total. The van der Waals surface area contributed by atoms with Gasteiger partial charge in [-0.2, -0.15) is 0 Å². The topological polar surface area (TPSA) is 81.7 Å². The van der Waals surface area contributed by atoms with Crippen molar-refractivity contribution in [3.63, 3.8) is 0 Å². The Morgan fingerprint density at radius 2 is 1.00 bits per heavy atom. The Labute approximate surface area is 283 Å². The predicted octanol–water partition coefficient (Wildman–Crippen LogP) is 9.32. The maximum Gasteiger partial charge on any atom is 0.390 e. The lowest BCUT2D eigenvalue weighted by atomic mass is 9.77. The van der Waals surface area contributed by atoms with Gasteiger partial charge in [0.15, 0.2) is 0 Å². The highest BCUT2D eigenvalue weighted by atomic mass is 31.1. The molecule has 1 aliphatic rings. The normalized spacial score (nSPS) is 23.1. The van der Waals surface area contributed by atoms with Crippen LogP contribution in [0.25, 0.3) is 21.9 Å². The predicted molar refractivity (Wildman–Crippen MR) is 191 cm³/mol. The van der Waals surface area contributed by atoms with Crippen LogP contribution in [-0.2, 0) is 45.3 Å². The average Bonchev–Trinajstić information content (AvgIpc) is 3.10. The molecule has 2 heterocycles. The molecule has 47 heavy (non-hydrogen) atoms. The van der Waals surface area contributed by atoms with E-state index in [4.69, 9.17) is 36.6 Å². The molecule has 5 atom stereocenters. The summed E-state index contributed by atoms with van der Waals surface area (Å²) in [5.41, 5.74) is 5.49. The van der Waals surface area contributed by atoms with Gasteiger partial charge in [0, 0.05) is 50.3 Å². The fourth-order valence-corrected chi connectivity index (χ4v) is 7.35. The van der Waals surface area contributed by atoms with Crippen LogP contribution in [0.1, 0.15) is 105 Å². The highest BCUT2D eigenvalue weighted by Crippen LogP contribution is 2.46. The van der Waals surface area contributed by atoms with Crippen molar-refractivity contribution < 1.29 is 36.6 Å². The first-order valence-electron chi connectivity index (χ1n) is 16.6. The molecular weight excluding hydrogens is 615 g/mol. The molecule has 0 spiro atoms. The number of methoxy groups -OCH3 is 4. The SMILES string of the molecule is COC[C@H]1OC(Op2oc3c(C(C)(C)C)cc(C(C)(C)C)cc3c3cc(C(C)(C)C)cc(C(C)(C)C)c3o2)[C@H](OC)[C@@H](OC)[C@@H]1OC. The number of hydrogen-bond acceptors (Lipinski definition) is 8. The fourth-order valence-electron chi connectivity index (χ4n) is 6.19. The number of benzene rings is 2. The van der Waals surface area contributed by atoms with Gasteiger partial charge in [0.05, 0.1) is 6.61 Å². The smallest absolute Gasteiger partial charge is 0.390 e. The first-order valence-corrected chi connectivity index (χ1v) is 17.7. The van der Waals surface area contributed by atoms with Crippen LogP contribution in [0.4, 0.5) is 0 Å². The van der Waals surface area contributed by atoms with Gasteiger partial charge in [0.1, 0.15) is 35.6 Å². The van der Waals surface area contributed by atoms with Crippen LogP contribution in [0.5, 0.6) is 0 Å². The van der Waals surface area contributed by atoms with E-state index >= 15 is 0 Å². The minimum absolute atomic E-state index is 0.0941. The minimum Gasteiger partial charge on any atom is -0.399 e. The molecule has 0 saturated carbocycles. The lowest BCUT2D eigenvalue weighted by Crippen LogP contribution is -2.61. The molecule has 9 heteroatoms. The zero-order chi connectivity index (χ0) is 35.3. The number of rotatable bonds is 7. The summed E-state index contributed by atoms with van der Waals surface area (Å²) < 4.78 is 50.3. The molecule has 4 rings (SSSR count). The van der Waals surface area contributed by atoms with Gasteiger partial charge in [0.25, 0.3) is 0 Å². The Bertz CT molecular complexity index is 1490. The van der Waals surface area contributed by atoms with Gasteiger partial charge in [0.2, 0.25) is 6.29 Å². The maximum atomic E-state index is 6.95. The van der Waals surface area contributed by atoms with E-state index in [1.807, 2.05) is 0 Å². The minimum atomic E-state index is -2.04. The van der Waals surface area contributed by atoms with Crippen LogP contribution in [-0.4, -0.2) is 65.8 Å². The second-order valence-electron chi connectivity index (χ2n) is 16.9. The molecule has 3 aromatic rings. The summed E-state index contributed by atoms with van der Waals surface area (Å²) in [5, 5.41) is 2.00. The van der Waals surface area contributed by atoms with Crippen LogP contribution in [0.2, 0.25) is 0 Å². The summed E-state index contributed by atoms with van der Waals surface area (Å²) in [7, 11) is 4.47. The third kappa shape index (κ3) is 7.96. The maximum absolute atomic E-state index is 6.95. The van der Waals surface area contributed by atoms with Crippen LogP contribution < -0.4 is 4.52 Å². The van der Waals surface area contributed by atoms with E-state index in [1.54, 1.807) is 28.4 Å². The third-order valence-electron chi connectivity index (χ3n) is 9.08. The molecule has 1 aromatic heterocycles. The average molecular weight is 675 g/mol. The lowest BCUT2D eigenvalue weighted by Gasteiger charge is -2.43. The summed E-state index contributed by atoms with van der Waals surface area (Å²) in [5.74, 6) is 0. The molecule has 1 fully saturated rings. The second-order valence-corrected chi connectivity index (χ2v) is 17.9.